The summed E-state index contributed by atoms with van der Waals surface area (Å²) >= 11 is 1.65. The van der Waals surface area contributed by atoms with E-state index in [2.05, 4.69) is 21.7 Å². The summed E-state index contributed by atoms with van der Waals surface area (Å²) < 4.78 is 0. The topological polar surface area (TPSA) is 77.8 Å². The molecule has 120 valence electrons. The van der Waals surface area contributed by atoms with E-state index >= 15 is 0 Å². The molecule has 1 heterocycles. The van der Waals surface area contributed by atoms with Crippen molar-refractivity contribution in [2.45, 2.75) is 58.5 Å². The summed E-state index contributed by atoms with van der Waals surface area (Å²) in [7, 11) is 0. The predicted molar refractivity (Wildman–Crippen MR) is 87.5 cm³/mol. The zero-order valence-electron chi connectivity index (χ0n) is 13.9. The highest BCUT2D eigenvalue weighted by atomic mass is 32.1. The average molecular weight is 320 g/mol. The number of thiazole rings is 1. The van der Waals surface area contributed by atoms with E-state index in [0.29, 0.717) is 5.92 Å². The highest BCUT2D eigenvalue weighted by molar-refractivity contribution is 7.11. The minimum atomic E-state index is -0.739. The Kier molecular flexibility index (Phi) is 4.59. The molecule has 0 bridgehead atoms. The maximum atomic E-state index is 12.2. The highest BCUT2D eigenvalue weighted by Crippen LogP contribution is 2.39. The Morgan fingerprint density at radius 2 is 2.05 bits per heavy atom. The van der Waals surface area contributed by atoms with E-state index in [4.69, 9.17) is 0 Å². The molecule has 0 saturated heterocycles. The second-order valence-corrected chi connectivity index (χ2v) is 7.98. The lowest BCUT2D eigenvalue weighted by Crippen LogP contribution is -2.51. The monoisotopic (exact) mass is 320 g/mol. The van der Waals surface area contributed by atoms with Gasteiger partial charge in [0.2, 0.25) is 5.91 Å². The second kappa shape index (κ2) is 5.98. The first-order chi connectivity index (χ1) is 10.2. The fourth-order valence-electron chi connectivity index (χ4n) is 2.33. The number of carbonyl (C=O) groups is 1. The first-order valence-electron chi connectivity index (χ1n) is 7.60. The molecule has 0 spiro atoms. The summed E-state index contributed by atoms with van der Waals surface area (Å²) in [6, 6.07) is 2.24. The van der Waals surface area contributed by atoms with Crippen molar-refractivity contribution < 1.29 is 4.79 Å². The van der Waals surface area contributed by atoms with Crippen LogP contribution in [0, 0.1) is 31.1 Å². The molecule has 1 aliphatic carbocycles. The van der Waals surface area contributed by atoms with Crippen LogP contribution in [0.15, 0.2) is 0 Å². The smallest absolute Gasteiger partial charge is 0.235 e. The summed E-state index contributed by atoms with van der Waals surface area (Å²) in [5.41, 5.74) is -0.0777. The SMILES string of the molecule is Cc1nc(C(C)(C)NCC(=O)N[C@@](C)(C#N)C2CC2)sc1C. The lowest BCUT2D eigenvalue weighted by atomic mass is 9.98. The number of hydrogen-bond acceptors (Lipinski definition) is 5. The molecule has 6 heteroatoms. The molecule has 1 amide bonds. The molecule has 1 atom stereocenters. The van der Waals surface area contributed by atoms with E-state index in [-0.39, 0.29) is 18.0 Å². The van der Waals surface area contributed by atoms with Gasteiger partial charge < -0.3 is 5.32 Å². The number of nitrogens with zero attached hydrogens (tertiary/aromatic N) is 2. The number of aryl methyl sites for hydroxylation is 2. The molecule has 1 saturated carbocycles. The van der Waals surface area contributed by atoms with Crippen LogP contribution in [0.25, 0.3) is 0 Å². The van der Waals surface area contributed by atoms with Gasteiger partial charge >= 0.3 is 0 Å². The molecule has 0 radical (unpaired) electrons. The van der Waals surface area contributed by atoms with Crippen LogP contribution in [0.5, 0.6) is 0 Å². The third kappa shape index (κ3) is 3.65. The van der Waals surface area contributed by atoms with Crippen molar-refractivity contribution in [3.05, 3.63) is 15.6 Å². The van der Waals surface area contributed by atoms with E-state index in [9.17, 15) is 10.1 Å². The molecule has 2 rings (SSSR count). The normalized spacial score (nSPS) is 17.6. The Hall–Kier alpha value is -1.45. The van der Waals surface area contributed by atoms with Gasteiger partial charge in [-0.15, -0.1) is 11.3 Å². The summed E-state index contributed by atoms with van der Waals surface area (Å²) in [6.45, 7) is 10.1. The molecular weight excluding hydrogens is 296 g/mol. The number of amides is 1. The number of aromatic nitrogens is 1. The molecule has 22 heavy (non-hydrogen) atoms. The molecule has 0 aliphatic heterocycles. The van der Waals surface area contributed by atoms with E-state index in [1.165, 1.54) is 4.88 Å². The van der Waals surface area contributed by atoms with Crippen LogP contribution in [0.4, 0.5) is 0 Å². The van der Waals surface area contributed by atoms with Crippen molar-refractivity contribution in [3.63, 3.8) is 0 Å². The van der Waals surface area contributed by atoms with E-state index in [0.717, 1.165) is 23.5 Å². The van der Waals surface area contributed by atoms with Crippen LogP contribution in [-0.4, -0.2) is 23.0 Å². The molecule has 1 aliphatic rings. The summed E-state index contributed by atoms with van der Waals surface area (Å²) in [6.07, 6.45) is 2.03. The Bertz CT molecular complexity index is 593. The van der Waals surface area contributed by atoms with Gasteiger partial charge in [-0.05, 0) is 53.4 Å². The number of rotatable bonds is 6. The minimum absolute atomic E-state index is 0.144. The number of nitriles is 1. The van der Waals surface area contributed by atoms with Crippen LogP contribution < -0.4 is 10.6 Å². The van der Waals surface area contributed by atoms with Gasteiger partial charge in [-0.1, -0.05) is 0 Å². The first-order valence-corrected chi connectivity index (χ1v) is 8.41. The van der Waals surface area contributed by atoms with Crippen LogP contribution in [0.1, 0.15) is 49.2 Å². The van der Waals surface area contributed by atoms with E-state index in [1.54, 1.807) is 18.3 Å². The molecule has 1 aromatic heterocycles. The molecule has 0 unspecified atom stereocenters. The number of hydrogen-bond donors (Lipinski definition) is 2. The fraction of sp³-hybridized carbons (Fsp3) is 0.688. The van der Waals surface area contributed by atoms with Crippen LogP contribution in [-0.2, 0) is 10.3 Å². The average Bonchev–Trinajstić information content (AvgIpc) is 3.24. The van der Waals surface area contributed by atoms with Gasteiger partial charge in [-0.2, -0.15) is 5.26 Å². The summed E-state index contributed by atoms with van der Waals surface area (Å²) in [4.78, 5) is 17.9. The second-order valence-electron chi connectivity index (χ2n) is 6.78. The van der Waals surface area contributed by atoms with Gasteiger partial charge in [0.25, 0.3) is 0 Å². The standard InChI is InChI=1S/C16H24N4OS/c1-10-11(2)22-14(19-10)15(3,4)18-8-13(21)20-16(5,9-17)12-6-7-12/h12,18H,6-8H2,1-5H3,(H,20,21)/t16-/m0/s1. The first kappa shape index (κ1) is 16.9. The van der Waals surface area contributed by atoms with Crippen molar-refractivity contribution in [3.8, 4) is 6.07 Å². The van der Waals surface area contributed by atoms with Crippen LogP contribution in [0.2, 0.25) is 0 Å². The predicted octanol–water partition coefficient (Wildman–Crippen LogP) is 2.39. The van der Waals surface area contributed by atoms with Gasteiger partial charge in [-0.3, -0.25) is 10.1 Å². The Labute approximate surface area is 136 Å². The van der Waals surface area contributed by atoms with E-state index in [1.807, 2.05) is 27.7 Å². The Morgan fingerprint density at radius 3 is 2.50 bits per heavy atom. The van der Waals surface area contributed by atoms with Crippen LogP contribution >= 0.6 is 11.3 Å². The quantitative estimate of drug-likeness (QED) is 0.843. The number of carbonyl (C=O) groups excluding carboxylic acids is 1. The Balaban J connectivity index is 1.94. The maximum Gasteiger partial charge on any atom is 0.235 e. The molecule has 1 fully saturated rings. The summed E-state index contributed by atoms with van der Waals surface area (Å²) in [5, 5.41) is 16.4. The van der Waals surface area contributed by atoms with Crippen LogP contribution in [0.3, 0.4) is 0 Å². The third-order valence-electron chi connectivity index (χ3n) is 4.28. The third-order valence-corrected chi connectivity index (χ3v) is 5.68. The van der Waals surface area contributed by atoms with Gasteiger partial charge in [0, 0.05) is 4.88 Å². The molecule has 2 N–H and O–H groups in total. The van der Waals surface area contributed by atoms with Gasteiger partial charge in [0.1, 0.15) is 10.5 Å². The lowest BCUT2D eigenvalue weighted by molar-refractivity contribution is -0.122. The minimum Gasteiger partial charge on any atom is -0.337 e. The highest BCUT2D eigenvalue weighted by Gasteiger charge is 2.43. The fourth-order valence-corrected chi connectivity index (χ4v) is 3.33. The summed E-state index contributed by atoms with van der Waals surface area (Å²) in [5.74, 6) is 0.146. The maximum absolute atomic E-state index is 12.2. The Morgan fingerprint density at radius 1 is 1.41 bits per heavy atom. The van der Waals surface area contributed by atoms with Gasteiger partial charge in [0.15, 0.2) is 0 Å². The number of nitrogens with one attached hydrogen (secondary N) is 2. The van der Waals surface area contributed by atoms with Crippen molar-refractivity contribution in [1.29, 1.82) is 5.26 Å². The molecule has 1 aromatic rings. The largest absolute Gasteiger partial charge is 0.337 e. The van der Waals surface area contributed by atoms with Crippen molar-refractivity contribution in [1.82, 2.24) is 15.6 Å². The molecule has 5 nitrogen and oxygen atoms in total. The van der Waals surface area contributed by atoms with Gasteiger partial charge in [-0.25, -0.2) is 4.98 Å². The zero-order valence-corrected chi connectivity index (χ0v) is 14.7. The molecule has 0 aromatic carbocycles. The lowest BCUT2D eigenvalue weighted by Gasteiger charge is -2.26. The van der Waals surface area contributed by atoms with Crippen molar-refractivity contribution in [2.24, 2.45) is 5.92 Å². The van der Waals surface area contributed by atoms with Gasteiger partial charge in [0.05, 0.1) is 23.8 Å². The zero-order chi connectivity index (χ0) is 16.5. The van der Waals surface area contributed by atoms with Crippen molar-refractivity contribution >= 4 is 17.2 Å². The molecular formula is C16H24N4OS. The van der Waals surface area contributed by atoms with E-state index < -0.39 is 5.54 Å². The van der Waals surface area contributed by atoms with Crippen molar-refractivity contribution in [2.75, 3.05) is 6.54 Å².